The molecule has 168 valence electrons. The summed E-state index contributed by atoms with van der Waals surface area (Å²) in [5.41, 5.74) is 0.615. The van der Waals surface area contributed by atoms with Gasteiger partial charge in [0.05, 0.1) is 11.8 Å². The van der Waals surface area contributed by atoms with Crippen molar-refractivity contribution in [3.8, 4) is 0 Å². The quantitative estimate of drug-likeness (QED) is 0.573. The first-order valence-corrected chi connectivity index (χ1v) is 12.2. The standard InChI is InChI=1S/C23H33N5O2S/c1-4-28-21(20(16(2)3)25-22(30)17-11-7-5-8-12-17)26-27-23(28)31-15-19(29)24-18-13-9-6-10-14-18/h5,7-8,11-12,16,18,20H,4,6,9-10,13-15H2,1-3H3,(H,24,29)(H,25,30)/t20-/m0/s1. The fraction of sp³-hybridized carbons (Fsp3) is 0.565. The number of amides is 2. The van der Waals surface area contributed by atoms with E-state index in [9.17, 15) is 9.59 Å². The molecule has 1 aromatic carbocycles. The van der Waals surface area contributed by atoms with Crippen molar-refractivity contribution in [3.63, 3.8) is 0 Å². The molecule has 0 spiro atoms. The summed E-state index contributed by atoms with van der Waals surface area (Å²) < 4.78 is 1.99. The Bertz CT molecular complexity index is 862. The maximum absolute atomic E-state index is 12.7. The normalized spacial score (nSPS) is 15.6. The maximum atomic E-state index is 12.7. The summed E-state index contributed by atoms with van der Waals surface area (Å²) in [6.45, 7) is 6.79. The molecular formula is C23H33N5O2S. The Morgan fingerprint density at radius 1 is 1.13 bits per heavy atom. The number of nitrogens with one attached hydrogen (secondary N) is 2. The molecule has 1 saturated carbocycles. The molecule has 0 radical (unpaired) electrons. The second-order valence-corrected chi connectivity index (χ2v) is 9.28. The van der Waals surface area contributed by atoms with Crippen molar-refractivity contribution in [1.29, 1.82) is 0 Å². The predicted octanol–water partition coefficient (Wildman–Crippen LogP) is 3.97. The maximum Gasteiger partial charge on any atom is 0.251 e. The molecule has 1 atom stereocenters. The van der Waals surface area contributed by atoms with Gasteiger partial charge in [0.25, 0.3) is 5.91 Å². The average Bonchev–Trinajstić information content (AvgIpc) is 3.19. The molecular weight excluding hydrogens is 410 g/mol. The number of hydrogen-bond acceptors (Lipinski definition) is 5. The van der Waals surface area contributed by atoms with E-state index in [-0.39, 0.29) is 23.8 Å². The van der Waals surface area contributed by atoms with E-state index in [1.807, 2.05) is 29.7 Å². The minimum atomic E-state index is -0.273. The van der Waals surface area contributed by atoms with Crippen molar-refractivity contribution in [2.24, 2.45) is 5.92 Å². The van der Waals surface area contributed by atoms with Crippen molar-refractivity contribution in [1.82, 2.24) is 25.4 Å². The van der Waals surface area contributed by atoms with E-state index in [0.717, 1.165) is 18.7 Å². The van der Waals surface area contributed by atoms with Crippen LogP contribution in [0.15, 0.2) is 35.5 Å². The van der Waals surface area contributed by atoms with Gasteiger partial charge in [0, 0.05) is 18.2 Å². The highest BCUT2D eigenvalue weighted by Crippen LogP contribution is 2.26. The van der Waals surface area contributed by atoms with Crippen LogP contribution < -0.4 is 10.6 Å². The largest absolute Gasteiger partial charge is 0.353 e. The summed E-state index contributed by atoms with van der Waals surface area (Å²) in [6, 6.07) is 9.21. The fourth-order valence-corrected chi connectivity index (χ4v) is 4.74. The summed E-state index contributed by atoms with van der Waals surface area (Å²) in [7, 11) is 0. The second kappa shape index (κ2) is 11.3. The van der Waals surface area contributed by atoms with Gasteiger partial charge in [-0.15, -0.1) is 10.2 Å². The van der Waals surface area contributed by atoms with Gasteiger partial charge in [-0.1, -0.05) is 63.1 Å². The van der Waals surface area contributed by atoms with Gasteiger partial charge < -0.3 is 15.2 Å². The van der Waals surface area contributed by atoms with E-state index < -0.39 is 0 Å². The summed E-state index contributed by atoms with van der Waals surface area (Å²) in [5, 5.41) is 15.7. The number of thioether (sulfide) groups is 1. The summed E-state index contributed by atoms with van der Waals surface area (Å²) in [5.74, 6) is 1.08. The molecule has 0 saturated heterocycles. The number of nitrogens with zero attached hydrogens (tertiary/aromatic N) is 3. The lowest BCUT2D eigenvalue weighted by Crippen LogP contribution is -2.37. The van der Waals surface area contributed by atoms with Gasteiger partial charge in [-0.25, -0.2) is 0 Å². The first kappa shape index (κ1) is 23.3. The Hall–Kier alpha value is -2.35. The van der Waals surface area contributed by atoms with Crippen LogP contribution in [0.3, 0.4) is 0 Å². The molecule has 2 amide bonds. The van der Waals surface area contributed by atoms with Crippen molar-refractivity contribution in [2.45, 2.75) is 76.7 Å². The zero-order chi connectivity index (χ0) is 22.2. The van der Waals surface area contributed by atoms with Gasteiger partial charge in [-0.3, -0.25) is 9.59 Å². The van der Waals surface area contributed by atoms with Crippen LogP contribution in [0.4, 0.5) is 0 Å². The molecule has 1 fully saturated rings. The highest BCUT2D eigenvalue weighted by atomic mass is 32.2. The monoisotopic (exact) mass is 443 g/mol. The molecule has 1 aliphatic carbocycles. The van der Waals surface area contributed by atoms with Crippen LogP contribution in [-0.2, 0) is 11.3 Å². The Balaban J connectivity index is 1.66. The van der Waals surface area contributed by atoms with Crippen molar-refractivity contribution >= 4 is 23.6 Å². The molecule has 0 unspecified atom stereocenters. The lowest BCUT2D eigenvalue weighted by atomic mass is 9.95. The van der Waals surface area contributed by atoms with Crippen LogP contribution in [0.25, 0.3) is 0 Å². The Kier molecular flexibility index (Phi) is 8.51. The van der Waals surface area contributed by atoms with Crippen LogP contribution in [0.5, 0.6) is 0 Å². The molecule has 0 bridgehead atoms. The number of carbonyl (C=O) groups is 2. The molecule has 31 heavy (non-hydrogen) atoms. The lowest BCUT2D eigenvalue weighted by Gasteiger charge is -2.23. The van der Waals surface area contributed by atoms with Crippen molar-refractivity contribution in [3.05, 3.63) is 41.7 Å². The average molecular weight is 444 g/mol. The van der Waals surface area contributed by atoms with Crippen LogP contribution in [0.1, 0.15) is 75.1 Å². The van der Waals surface area contributed by atoms with E-state index in [0.29, 0.717) is 29.1 Å². The summed E-state index contributed by atoms with van der Waals surface area (Å²) in [6.07, 6.45) is 5.79. The van der Waals surface area contributed by atoms with Crippen molar-refractivity contribution < 1.29 is 9.59 Å². The number of carbonyl (C=O) groups excluding carboxylic acids is 2. The van der Waals surface area contributed by atoms with Crippen LogP contribution in [-0.4, -0.2) is 38.4 Å². The highest BCUT2D eigenvalue weighted by molar-refractivity contribution is 7.99. The summed E-state index contributed by atoms with van der Waals surface area (Å²) >= 11 is 1.40. The van der Waals surface area contributed by atoms with E-state index >= 15 is 0 Å². The molecule has 0 aliphatic heterocycles. The SMILES string of the molecule is CCn1c(SCC(=O)NC2CCCCC2)nnc1[C@@H](NC(=O)c1ccccc1)C(C)C. The molecule has 8 heteroatoms. The molecule has 1 aromatic heterocycles. The minimum absolute atomic E-state index is 0.0434. The third-order valence-electron chi connectivity index (χ3n) is 5.63. The topological polar surface area (TPSA) is 88.9 Å². The van der Waals surface area contributed by atoms with Gasteiger partial charge in [0.2, 0.25) is 5.91 Å². The number of hydrogen-bond donors (Lipinski definition) is 2. The molecule has 1 heterocycles. The van der Waals surface area contributed by atoms with Crippen LogP contribution in [0.2, 0.25) is 0 Å². The molecule has 3 rings (SSSR count). The first-order chi connectivity index (χ1) is 15.0. The number of rotatable bonds is 9. The molecule has 2 N–H and O–H groups in total. The van der Waals surface area contributed by atoms with Crippen molar-refractivity contribution in [2.75, 3.05) is 5.75 Å². The third kappa shape index (κ3) is 6.32. The van der Waals surface area contributed by atoms with Gasteiger partial charge in [0.1, 0.15) is 0 Å². The van der Waals surface area contributed by atoms with Gasteiger partial charge in [-0.2, -0.15) is 0 Å². The minimum Gasteiger partial charge on any atom is -0.353 e. The number of aromatic nitrogens is 3. The van der Waals surface area contributed by atoms with Crippen LogP contribution >= 0.6 is 11.8 Å². The molecule has 2 aromatic rings. The number of benzene rings is 1. The second-order valence-electron chi connectivity index (χ2n) is 8.34. The van der Waals surface area contributed by atoms with Crippen LogP contribution in [0, 0.1) is 5.92 Å². The highest BCUT2D eigenvalue weighted by Gasteiger charge is 2.26. The smallest absolute Gasteiger partial charge is 0.251 e. The zero-order valence-corrected chi connectivity index (χ0v) is 19.5. The van der Waals surface area contributed by atoms with E-state index in [1.54, 1.807) is 12.1 Å². The predicted molar refractivity (Wildman–Crippen MR) is 123 cm³/mol. The van der Waals surface area contributed by atoms with Gasteiger partial charge in [-0.05, 0) is 37.8 Å². The Labute approximate surface area is 188 Å². The Morgan fingerprint density at radius 2 is 1.84 bits per heavy atom. The van der Waals surface area contributed by atoms with E-state index in [2.05, 4.69) is 34.7 Å². The third-order valence-corrected chi connectivity index (χ3v) is 6.60. The first-order valence-electron chi connectivity index (χ1n) is 11.2. The van der Waals surface area contributed by atoms with E-state index in [1.165, 1.54) is 31.0 Å². The molecule has 7 nitrogen and oxygen atoms in total. The lowest BCUT2D eigenvalue weighted by molar-refractivity contribution is -0.119. The van der Waals surface area contributed by atoms with E-state index in [4.69, 9.17) is 0 Å². The molecule has 1 aliphatic rings. The zero-order valence-electron chi connectivity index (χ0n) is 18.6. The Morgan fingerprint density at radius 3 is 2.48 bits per heavy atom. The van der Waals surface area contributed by atoms with Gasteiger partial charge >= 0.3 is 0 Å². The fourth-order valence-electron chi connectivity index (χ4n) is 3.92. The van der Waals surface area contributed by atoms with Gasteiger partial charge in [0.15, 0.2) is 11.0 Å². The summed E-state index contributed by atoms with van der Waals surface area (Å²) in [4.78, 5) is 25.1.